The summed E-state index contributed by atoms with van der Waals surface area (Å²) in [5.74, 6) is -0.490. The van der Waals surface area contributed by atoms with Gasteiger partial charge in [-0.05, 0) is 49.1 Å². The van der Waals surface area contributed by atoms with Gasteiger partial charge in [-0.3, -0.25) is 4.79 Å². The number of benzene rings is 2. The van der Waals surface area contributed by atoms with Crippen molar-refractivity contribution in [2.45, 2.75) is 36.7 Å². The van der Waals surface area contributed by atoms with Crippen LogP contribution in [0.2, 0.25) is 0 Å². The van der Waals surface area contributed by atoms with Gasteiger partial charge >= 0.3 is 6.03 Å². The summed E-state index contributed by atoms with van der Waals surface area (Å²) in [5, 5.41) is 9.62. The molecule has 3 amide bonds. The van der Waals surface area contributed by atoms with E-state index in [-0.39, 0.29) is 29.9 Å². The van der Waals surface area contributed by atoms with Crippen LogP contribution in [0.1, 0.15) is 13.3 Å². The van der Waals surface area contributed by atoms with E-state index in [1.807, 2.05) is 41.1 Å². The first-order chi connectivity index (χ1) is 20.9. The minimum absolute atomic E-state index is 0.00377. The van der Waals surface area contributed by atoms with Crippen LogP contribution in [0.4, 0.5) is 10.5 Å². The number of nitrogens with one attached hydrogen (secondary N) is 2. The van der Waals surface area contributed by atoms with Crippen LogP contribution >= 0.6 is 11.3 Å². The van der Waals surface area contributed by atoms with Crippen molar-refractivity contribution < 1.29 is 18.0 Å². The Morgan fingerprint density at radius 1 is 1.05 bits per heavy atom. The number of imidazole rings is 1. The van der Waals surface area contributed by atoms with E-state index in [2.05, 4.69) is 39.2 Å². The number of aryl methyl sites for hydroxylation is 2. The summed E-state index contributed by atoms with van der Waals surface area (Å²) in [5.41, 5.74) is 2.72. The molecule has 5 aromatic rings. The predicted molar refractivity (Wildman–Crippen MR) is 168 cm³/mol. The number of carbonyl (C=O) groups excluding carboxylic acids is 2. The highest BCUT2D eigenvalue weighted by atomic mass is 32.2. The Morgan fingerprint density at radius 3 is 2.65 bits per heavy atom. The normalized spacial score (nSPS) is 16.1. The van der Waals surface area contributed by atoms with Crippen LogP contribution in [0, 0.1) is 0 Å². The number of aromatic nitrogens is 3. The standard InChI is InChI=1S/C30H33N7O4S2/c1-2-36-25-8-4-3-7-23(25)24-19-22(10-11-26(24)36)33-29(38)27-20-35(30(39)32-12-6-14-34-15-13-31-21-34)16-17-37(27)43(40,41)28-9-5-18-42-28/h3-5,7-11,13,15,18-19,21,27H,2,6,12,14,16-17,20H2,1H3,(H,32,39)(H,33,38)/t27-/m0/s1. The predicted octanol–water partition coefficient (Wildman–Crippen LogP) is 4.19. The molecule has 13 heteroatoms. The molecule has 6 rings (SSSR count). The van der Waals surface area contributed by atoms with Crippen LogP contribution in [0.15, 0.2) is 82.9 Å². The highest BCUT2D eigenvalue weighted by Gasteiger charge is 2.41. The van der Waals surface area contributed by atoms with Crippen LogP contribution in [0.3, 0.4) is 0 Å². The third-order valence-electron chi connectivity index (χ3n) is 7.76. The van der Waals surface area contributed by atoms with Crippen LogP contribution in [0.5, 0.6) is 0 Å². The van der Waals surface area contributed by atoms with Gasteiger partial charge in [-0.25, -0.2) is 18.2 Å². The second-order valence-electron chi connectivity index (χ2n) is 10.4. The number of thiophene rings is 1. The van der Waals surface area contributed by atoms with Crippen LogP contribution in [-0.2, 0) is 27.9 Å². The number of amides is 3. The number of anilines is 1. The molecule has 1 aliphatic heterocycles. The zero-order chi connectivity index (χ0) is 30.0. The van der Waals surface area contributed by atoms with Gasteiger partial charge in [0.15, 0.2) is 0 Å². The molecule has 2 aromatic carbocycles. The van der Waals surface area contributed by atoms with Gasteiger partial charge in [0.05, 0.1) is 6.33 Å². The fourth-order valence-corrected chi connectivity index (χ4v) is 8.35. The maximum atomic E-state index is 13.8. The van der Waals surface area contributed by atoms with Crippen LogP contribution in [0.25, 0.3) is 21.8 Å². The molecular formula is C30H33N7O4S2. The lowest BCUT2D eigenvalue weighted by atomic mass is 10.1. The molecule has 3 aromatic heterocycles. The zero-order valence-corrected chi connectivity index (χ0v) is 25.4. The fourth-order valence-electron chi connectivity index (χ4n) is 5.66. The summed E-state index contributed by atoms with van der Waals surface area (Å²) in [4.78, 5) is 32.4. The molecule has 0 unspecified atom stereocenters. The van der Waals surface area contributed by atoms with Crippen molar-refractivity contribution in [3.05, 3.63) is 78.7 Å². The second-order valence-corrected chi connectivity index (χ2v) is 13.4. The van der Waals surface area contributed by atoms with Gasteiger partial charge in [-0.2, -0.15) is 4.31 Å². The van der Waals surface area contributed by atoms with Crippen molar-refractivity contribution >= 4 is 60.8 Å². The fraction of sp³-hybridized carbons (Fsp3) is 0.300. The summed E-state index contributed by atoms with van der Waals surface area (Å²) in [6, 6.07) is 15.6. The SMILES string of the molecule is CCn1c2ccccc2c2cc(NC(=O)[C@@H]3CN(C(=O)NCCCn4ccnc4)CCN3S(=O)(=O)c3cccs3)ccc21. The van der Waals surface area contributed by atoms with E-state index in [4.69, 9.17) is 0 Å². The van der Waals surface area contributed by atoms with Gasteiger partial charge in [0.2, 0.25) is 5.91 Å². The average molecular weight is 620 g/mol. The number of nitrogens with zero attached hydrogens (tertiary/aromatic N) is 5. The molecule has 11 nitrogen and oxygen atoms in total. The summed E-state index contributed by atoms with van der Waals surface area (Å²) in [6.45, 7) is 4.14. The molecule has 2 N–H and O–H groups in total. The van der Waals surface area contributed by atoms with Gasteiger partial charge in [0, 0.05) is 79.2 Å². The van der Waals surface area contributed by atoms with Crippen molar-refractivity contribution in [1.82, 2.24) is 28.6 Å². The molecule has 0 saturated carbocycles. The van der Waals surface area contributed by atoms with Crippen molar-refractivity contribution in [3.8, 4) is 0 Å². The zero-order valence-electron chi connectivity index (χ0n) is 23.7. The molecule has 224 valence electrons. The number of rotatable bonds is 9. The van der Waals surface area contributed by atoms with E-state index in [0.29, 0.717) is 25.2 Å². The maximum absolute atomic E-state index is 13.8. The van der Waals surface area contributed by atoms with Crippen molar-refractivity contribution in [2.75, 3.05) is 31.5 Å². The summed E-state index contributed by atoms with van der Waals surface area (Å²) >= 11 is 1.10. The highest BCUT2D eigenvalue weighted by Crippen LogP contribution is 2.32. The number of para-hydroxylation sites is 1. The summed E-state index contributed by atoms with van der Waals surface area (Å²) in [6.07, 6.45) is 5.99. The van der Waals surface area contributed by atoms with Crippen molar-refractivity contribution in [2.24, 2.45) is 0 Å². The number of urea groups is 1. The van der Waals surface area contributed by atoms with Crippen molar-refractivity contribution in [3.63, 3.8) is 0 Å². The Hall–Kier alpha value is -4.20. The molecule has 1 saturated heterocycles. The minimum atomic E-state index is -3.94. The second kappa shape index (κ2) is 12.2. The number of hydrogen-bond acceptors (Lipinski definition) is 6. The van der Waals surface area contributed by atoms with Gasteiger partial charge in [0.1, 0.15) is 10.3 Å². The van der Waals surface area contributed by atoms with E-state index >= 15 is 0 Å². The van der Waals surface area contributed by atoms with Crippen molar-refractivity contribution in [1.29, 1.82) is 0 Å². The Balaban J connectivity index is 1.22. The molecule has 43 heavy (non-hydrogen) atoms. The first-order valence-corrected chi connectivity index (χ1v) is 16.5. The van der Waals surface area contributed by atoms with E-state index in [1.165, 1.54) is 15.3 Å². The summed E-state index contributed by atoms with van der Waals surface area (Å²) in [7, 11) is -3.94. The largest absolute Gasteiger partial charge is 0.341 e. The van der Waals surface area contributed by atoms with E-state index in [9.17, 15) is 18.0 Å². The first-order valence-electron chi connectivity index (χ1n) is 14.2. The molecule has 0 radical (unpaired) electrons. The van der Waals surface area contributed by atoms with Crippen LogP contribution < -0.4 is 10.6 Å². The molecule has 1 aliphatic rings. The molecule has 4 heterocycles. The number of piperazine rings is 1. The highest BCUT2D eigenvalue weighted by molar-refractivity contribution is 7.91. The molecule has 0 aliphatic carbocycles. The van der Waals surface area contributed by atoms with Gasteiger partial charge in [-0.1, -0.05) is 24.3 Å². The molecule has 1 atom stereocenters. The number of sulfonamides is 1. The molecule has 1 fully saturated rings. The average Bonchev–Trinajstić information content (AvgIpc) is 3.80. The lowest BCUT2D eigenvalue weighted by Gasteiger charge is -2.39. The number of fused-ring (bicyclic) bond motifs is 3. The van der Waals surface area contributed by atoms with E-state index in [0.717, 1.165) is 39.7 Å². The quantitative estimate of drug-likeness (QED) is 0.240. The third kappa shape index (κ3) is 5.75. The van der Waals surface area contributed by atoms with E-state index < -0.39 is 22.0 Å². The summed E-state index contributed by atoms with van der Waals surface area (Å²) < 4.78 is 32.7. The topological polar surface area (TPSA) is 122 Å². The smallest absolute Gasteiger partial charge is 0.317 e. The Morgan fingerprint density at radius 2 is 1.88 bits per heavy atom. The third-order valence-corrected chi connectivity index (χ3v) is 11.0. The maximum Gasteiger partial charge on any atom is 0.317 e. The van der Waals surface area contributed by atoms with Crippen LogP contribution in [-0.4, -0.2) is 75.9 Å². The molecule has 0 spiro atoms. The number of carbonyl (C=O) groups is 2. The van der Waals surface area contributed by atoms with E-state index in [1.54, 1.807) is 24.0 Å². The first kappa shape index (κ1) is 28.9. The van der Waals surface area contributed by atoms with Gasteiger partial charge < -0.3 is 24.7 Å². The minimum Gasteiger partial charge on any atom is -0.341 e. The molecule has 0 bridgehead atoms. The lowest BCUT2D eigenvalue weighted by Crippen LogP contribution is -2.61. The lowest BCUT2D eigenvalue weighted by molar-refractivity contribution is -0.121. The Kier molecular flexibility index (Phi) is 8.19. The van der Waals surface area contributed by atoms with Gasteiger partial charge in [0.25, 0.3) is 10.0 Å². The number of hydrogen-bond donors (Lipinski definition) is 2. The monoisotopic (exact) mass is 619 g/mol. The Bertz CT molecular complexity index is 1850. The Labute approximate surface area is 253 Å². The van der Waals surface area contributed by atoms with Gasteiger partial charge in [-0.15, -0.1) is 11.3 Å². The molecular weight excluding hydrogens is 587 g/mol.